The maximum Gasteiger partial charge on any atom is 0.251 e. The van der Waals surface area contributed by atoms with Gasteiger partial charge in [-0.05, 0) is 25.2 Å². The Bertz CT molecular complexity index is 391. The molecule has 5 heteroatoms. The molecule has 0 spiro atoms. The van der Waals surface area contributed by atoms with Crippen LogP contribution in [0.3, 0.4) is 0 Å². The van der Waals surface area contributed by atoms with Crippen molar-refractivity contribution in [1.82, 2.24) is 4.98 Å². The van der Waals surface area contributed by atoms with Gasteiger partial charge in [-0.3, -0.25) is 4.79 Å². The summed E-state index contributed by atoms with van der Waals surface area (Å²) in [6, 6.07) is 1.67. The second-order valence-electron chi connectivity index (χ2n) is 3.41. The second-order valence-corrected chi connectivity index (χ2v) is 4.20. The van der Waals surface area contributed by atoms with Gasteiger partial charge in [0.1, 0.15) is 10.8 Å². The number of rotatable bonds is 4. The molecule has 0 bridgehead atoms. The van der Waals surface area contributed by atoms with E-state index in [4.69, 9.17) is 10.5 Å². The lowest BCUT2D eigenvalue weighted by Crippen LogP contribution is -2.13. The number of amides is 1. The molecule has 4 nitrogen and oxygen atoms in total. The van der Waals surface area contributed by atoms with E-state index in [0.717, 1.165) is 12.8 Å². The van der Waals surface area contributed by atoms with Crippen LogP contribution in [0.1, 0.15) is 23.2 Å². The summed E-state index contributed by atoms with van der Waals surface area (Å²) in [6.07, 6.45) is 5.95. The Morgan fingerprint density at radius 1 is 1.67 bits per heavy atom. The average molecular weight is 224 g/mol. The lowest BCUT2D eigenvalue weighted by Gasteiger charge is -2.07. The van der Waals surface area contributed by atoms with Gasteiger partial charge >= 0.3 is 0 Å². The standard InChI is InChI=1S/C10H12N2O2S/c1-15-10-8(9(11)13)4-7(5-12-10)14-6-2-3-6/h4-6H,2-3H2,1H3,(H2,11,13). The molecule has 15 heavy (non-hydrogen) atoms. The predicted octanol–water partition coefficient (Wildman–Crippen LogP) is 1.44. The molecule has 1 aliphatic carbocycles. The summed E-state index contributed by atoms with van der Waals surface area (Å²) in [6.45, 7) is 0. The Labute approximate surface area is 92.2 Å². The molecule has 1 aromatic rings. The summed E-state index contributed by atoms with van der Waals surface area (Å²) in [5.41, 5.74) is 5.69. The fourth-order valence-corrected chi connectivity index (χ4v) is 1.75. The molecule has 1 aromatic heterocycles. The van der Waals surface area contributed by atoms with Crippen LogP contribution in [0.2, 0.25) is 0 Å². The minimum atomic E-state index is -0.465. The van der Waals surface area contributed by atoms with Gasteiger partial charge in [-0.15, -0.1) is 11.8 Å². The number of nitrogens with zero attached hydrogens (tertiary/aromatic N) is 1. The molecular formula is C10H12N2O2S. The van der Waals surface area contributed by atoms with Gasteiger partial charge in [0.15, 0.2) is 0 Å². The Morgan fingerprint density at radius 3 is 2.93 bits per heavy atom. The molecule has 1 saturated carbocycles. The first-order valence-corrected chi connectivity index (χ1v) is 5.93. The molecule has 1 fully saturated rings. The maximum atomic E-state index is 11.1. The van der Waals surface area contributed by atoms with E-state index >= 15 is 0 Å². The van der Waals surface area contributed by atoms with E-state index in [2.05, 4.69) is 4.98 Å². The average Bonchev–Trinajstić information content (AvgIpc) is 3.01. The number of hydrogen-bond acceptors (Lipinski definition) is 4. The van der Waals surface area contributed by atoms with Crippen LogP contribution < -0.4 is 10.5 Å². The minimum absolute atomic E-state index is 0.299. The third kappa shape index (κ3) is 2.41. The first kappa shape index (κ1) is 10.3. The zero-order chi connectivity index (χ0) is 10.8. The van der Waals surface area contributed by atoms with Gasteiger partial charge in [0.25, 0.3) is 5.91 Å². The lowest BCUT2D eigenvalue weighted by atomic mass is 10.2. The van der Waals surface area contributed by atoms with Crippen LogP contribution in [0.4, 0.5) is 0 Å². The molecule has 1 heterocycles. The van der Waals surface area contributed by atoms with Crippen LogP contribution in [0.15, 0.2) is 17.3 Å². The third-order valence-corrected chi connectivity index (χ3v) is 2.82. The number of nitrogens with two attached hydrogens (primary N) is 1. The molecule has 0 aliphatic heterocycles. The molecule has 0 atom stereocenters. The molecule has 2 N–H and O–H groups in total. The van der Waals surface area contributed by atoms with E-state index in [1.54, 1.807) is 12.3 Å². The first-order valence-electron chi connectivity index (χ1n) is 4.71. The number of thioether (sulfide) groups is 1. The zero-order valence-electron chi connectivity index (χ0n) is 8.40. The SMILES string of the molecule is CSc1ncc(OC2CC2)cc1C(N)=O. The molecule has 0 aromatic carbocycles. The number of aromatic nitrogens is 1. The minimum Gasteiger partial charge on any atom is -0.489 e. The largest absolute Gasteiger partial charge is 0.489 e. The van der Waals surface area contributed by atoms with E-state index in [1.165, 1.54) is 11.8 Å². The molecule has 1 aliphatic rings. The van der Waals surface area contributed by atoms with Gasteiger partial charge in [-0.1, -0.05) is 0 Å². The maximum absolute atomic E-state index is 11.1. The van der Waals surface area contributed by atoms with Crippen LogP contribution >= 0.6 is 11.8 Å². The van der Waals surface area contributed by atoms with Crippen molar-refractivity contribution in [3.8, 4) is 5.75 Å². The van der Waals surface area contributed by atoms with Gasteiger partial charge in [-0.25, -0.2) is 4.98 Å². The molecule has 2 rings (SSSR count). The lowest BCUT2D eigenvalue weighted by molar-refractivity contribution is 0.0996. The van der Waals surface area contributed by atoms with E-state index < -0.39 is 5.91 Å². The van der Waals surface area contributed by atoms with Crippen LogP contribution in [0, 0.1) is 0 Å². The Morgan fingerprint density at radius 2 is 2.40 bits per heavy atom. The summed E-state index contributed by atoms with van der Waals surface area (Å²) < 4.78 is 5.54. The predicted molar refractivity (Wildman–Crippen MR) is 58.2 cm³/mol. The van der Waals surface area contributed by atoms with Crippen LogP contribution in [0.25, 0.3) is 0 Å². The number of carbonyl (C=O) groups excluding carboxylic acids is 1. The Balaban J connectivity index is 2.26. The van der Waals surface area contributed by atoms with Gasteiger partial charge < -0.3 is 10.5 Å². The van der Waals surface area contributed by atoms with Crippen molar-refractivity contribution in [1.29, 1.82) is 0 Å². The molecule has 0 radical (unpaired) electrons. The summed E-state index contributed by atoms with van der Waals surface area (Å²) in [5.74, 6) is 0.164. The monoisotopic (exact) mass is 224 g/mol. The van der Waals surface area contributed by atoms with Gasteiger partial charge in [0.05, 0.1) is 17.9 Å². The van der Waals surface area contributed by atoms with E-state index in [1.807, 2.05) is 6.26 Å². The fourth-order valence-electron chi connectivity index (χ4n) is 1.22. The van der Waals surface area contributed by atoms with Crippen molar-refractivity contribution < 1.29 is 9.53 Å². The first-order chi connectivity index (χ1) is 7.20. The highest BCUT2D eigenvalue weighted by Gasteiger charge is 2.24. The smallest absolute Gasteiger partial charge is 0.251 e. The topological polar surface area (TPSA) is 65.2 Å². The Hall–Kier alpha value is -1.23. The highest BCUT2D eigenvalue weighted by molar-refractivity contribution is 7.98. The zero-order valence-corrected chi connectivity index (χ0v) is 9.21. The van der Waals surface area contributed by atoms with Crippen molar-refractivity contribution >= 4 is 17.7 Å². The van der Waals surface area contributed by atoms with Crippen LogP contribution in [0.5, 0.6) is 5.75 Å². The summed E-state index contributed by atoms with van der Waals surface area (Å²) in [7, 11) is 0. The molecule has 0 unspecified atom stereocenters. The number of ether oxygens (including phenoxy) is 1. The summed E-state index contributed by atoms with van der Waals surface area (Å²) >= 11 is 1.40. The number of carbonyl (C=O) groups is 1. The Kier molecular flexibility index (Phi) is 2.81. The molecule has 1 amide bonds. The highest BCUT2D eigenvalue weighted by Crippen LogP contribution is 2.28. The summed E-state index contributed by atoms with van der Waals surface area (Å²) in [5, 5.41) is 0.644. The van der Waals surface area contributed by atoms with E-state index in [-0.39, 0.29) is 0 Å². The normalized spacial score (nSPS) is 15.0. The molecule has 80 valence electrons. The van der Waals surface area contributed by atoms with Crippen molar-refractivity contribution in [3.63, 3.8) is 0 Å². The van der Waals surface area contributed by atoms with E-state index in [9.17, 15) is 4.79 Å². The quantitative estimate of drug-likeness (QED) is 0.786. The number of pyridine rings is 1. The van der Waals surface area contributed by atoms with Gasteiger partial charge in [0.2, 0.25) is 0 Å². The van der Waals surface area contributed by atoms with Crippen LogP contribution in [-0.2, 0) is 0 Å². The van der Waals surface area contributed by atoms with Crippen molar-refractivity contribution in [2.45, 2.75) is 24.0 Å². The van der Waals surface area contributed by atoms with Gasteiger partial charge in [0, 0.05) is 0 Å². The van der Waals surface area contributed by atoms with Crippen molar-refractivity contribution in [2.24, 2.45) is 5.73 Å². The highest BCUT2D eigenvalue weighted by atomic mass is 32.2. The number of hydrogen-bond donors (Lipinski definition) is 1. The van der Waals surface area contributed by atoms with Crippen molar-refractivity contribution in [2.75, 3.05) is 6.26 Å². The van der Waals surface area contributed by atoms with Crippen molar-refractivity contribution in [3.05, 3.63) is 17.8 Å². The van der Waals surface area contributed by atoms with Crippen LogP contribution in [-0.4, -0.2) is 23.3 Å². The van der Waals surface area contributed by atoms with Gasteiger partial charge in [-0.2, -0.15) is 0 Å². The second kappa shape index (κ2) is 4.10. The summed E-state index contributed by atoms with van der Waals surface area (Å²) in [4.78, 5) is 15.3. The molecular weight excluding hydrogens is 212 g/mol. The fraction of sp³-hybridized carbons (Fsp3) is 0.400. The number of primary amides is 1. The molecule has 0 saturated heterocycles. The third-order valence-electron chi connectivity index (χ3n) is 2.11. The van der Waals surface area contributed by atoms with E-state index in [0.29, 0.717) is 22.4 Å².